The van der Waals surface area contributed by atoms with Crippen LogP contribution in [-0.4, -0.2) is 27.6 Å². The number of nitrogens with one attached hydrogen (secondary N) is 1. The summed E-state index contributed by atoms with van der Waals surface area (Å²) >= 11 is 0. The molecular formula is C23H23N5O. The van der Waals surface area contributed by atoms with Crippen LogP contribution in [0, 0.1) is 13.8 Å². The SMILES string of the molecule is Cc1cc(C)n2ncc(C(=O)Nc3ccccc3N(C)Cc3ccccc3)c2n1. The van der Waals surface area contributed by atoms with E-state index in [0.29, 0.717) is 11.2 Å². The average molecular weight is 385 g/mol. The molecule has 2 aromatic carbocycles. The summed E-state index contributed by atoms with van der Waals surface area (Å²) in [5, 5.41) is 7.36. The van der Waals surface area contributed by atoms with Crippen LogP contribution in [0.2, 0.25) is 0 Å². The Morgan fingerprint density at radius 1 is 1.07 bits per heavy atom. The molecule has 0 spiro atoms. The molecule has 1 N–H and O–H groups in total. The maximum atomic E-state index is 13.0. The van der Waals surface area contributed by atoms with E-state index in [9.17, 15) is 4.79 Å². The van der Waals surface area contributed by atoms with E-state index in [2.05, 4.69) is 32.4 Å². The molecule has 0 aliphatic carbocycles. The van der Waals surface area contributed by atoms with E-state index in [1.807, 2.05) is 69.4 Å². The van der Waals surface area contributed by atoms with Crippen molar-refractivity contribution in [2.24, 2.45) is 0 Å². The Hall–Kier alpha value is -3.67. The summed E-state index contributed by atoms with van der Waals surface area (Å²) in [5.41, 5.74) is 5.71. The minimum absolute atomic E-state index is 0.224. The van der Waals surface area contributed by atoms with Crippen LogP contribution in [0.4, 0.5) is 11.4 Å². The van der Waals surface area contributed by atoms with E-state index >= 15 is 0 Å². The van der Waals surface area contributed by atoms with Crippen molar-refractivity contribution in [2.75, 3.05) is 17.3 Å². The van der Waals surface area contributed by atoms with E-state index in [4.69, 9.17) is 0 Å². The third kappa shape index (κ3) is 3.82. The van der Waals surface area contributed by atoms with Crippen LogP contribution in [0.5, 0.6) is 0 Å². The largest absolute Gasteiger partial charge is 0.369 e. The van der Waals surface area contributed by atoms with Crippen LogP contribution in [-0.2, 0) is 6.54 Å². The lowest BCUT2D eigenvalue weighted by Gasteiger charge is -2.22. The van der Waals surface area contributed by atoms with Crippen LogP contribution < -0.4 is 10.2 Å². The number of para-hydroxylation sites is 2. The van der Waals surface area contributed by atoms with E-state index in [1.165, 1.54) is 5.56 Å². The van der Waals surface area contributed by atoms with Crippen molar-refractivity contribution in [2.45, 2.75) is 20.4 Å². The van der Waals surface area contributed by atoms with Gasteiger partial charge in [-0.05, 0) is 37.6 Å². The number of anilines is 2. The molecule has 0 unspecified atom stereocenters. The molecule has 6 nitrogen and oxygen atoms in total. The molecule has 1 amide bonds. The van der Waals surface area contributed by atoms with Crippen molar-refractivity contribution >= 4 is 22.9 Å². The second-order valence-corrected chi connectivity index (χ2v) is 7.15. The van der Waals surface area contributed by atoms with Crippen LogP contribution in [0.1, 0.15) is 27.3 Å². The summed E-state index contributed by atoms with van der Waals surface area (Å²) in [6.45, 7) is 4.60. The lowest BCUT2D eigenvalue weighted by Crippen LogP contribution is -2.20. The van der Waals surface area contributed by atoms with Crippen molar-refractivity contribution in [1.29, 1.82) is 0 Å². The maximum absolute atomic E-state index is 13.0. The Morgan fingerprint density at radius 3 is 2.59 bits per heavy atom. The maximum Gasteiger partial charge on any atom is 0.261 e. The average Bonchev–Trinajstić information content (AvgIpc) is 3.13. The number of benzene rings is 2. The first-order valence-electron chi connectivity index (χ1n) is 9.50. The smallest absolute Gasteiger partial charge is 0.261 e. The lowest BCUT2D eigenvalue weighted by molar-refractivity contribution is 0.102. The quantitative estimate of drug-likeness (QED) is 0.558. The van der Waals surface area contributed by atoms with Gasteiger partial charge in [-0.3, -0.25) is 4.79 Å². The number of aromatic nitrogens is 3. The predicted octanol–water partition coefficient (Wildman–Crippen LogP) is 4.23. The topological polar surface area (TPSA) is 62.5 Å². The van der Waals surface area contributed by atoms with Gasteiger partial charge in [-0.15, -0.1) is 0 Å². The second-order valence-electron chi connectivity index (χ2n) is 7.15. The van der Waals surface area contributed by atoms with Crippen molar-refractivity contribution in [3.8, 4) is 0 Å². The molecule has 0 fully saturated rings. The summed E-state index contributed by atoms with van der Waals surface area (Å²) in [6, 6.07) is 20.0. The zero-order chi connectivity index (χ0) is 20.4. The number of rotatable bonds is 5. The standard InChI is InChI=1S/C23H23N5O/c1-16-13-17(2)28-22(25-16)19(14-24-28)23(29)26-20-11-7-8-12-21(20)27(3)15-18-9-5-4-6-10-18/h4-14H,15H2,1-3H3,(H,26,29). The molecule has 2 heterocycles. The van der Waals surface area contributed by atoms with Crippen LogP contribution >= 0.6 is 0 Å². The summed E-state index contributed by atoms with van der Waals surface area (Å²) in [6.07, 6.45) is 1.57. The van der Waals surface area contributed by atoms with Gasteiger partial charge in [0.1, 0.15) is 5.56 Å². The van der Waals surface area contributed by atoms with Crippen molar-refractivity contribution in [1.82, 2.24) is 14.6 Å². The molecule has 0 saturated heterocycles. The number of carbonyl (C=O) groups excluding carboxylic acids is 1. The number of carbonyl (C=O) groups is 1. The van der Waals surface area contributed by atoms with Crippen molar-refractivity contribution < 1.29 is 4.79 Å². The first kappa shape index (κ1) is 18.7. The highest BCUT2D eigenvalue weighted by molar-refractivity contribution is 6.09. The zero-order valence-corrected chi connectivity index (χ0v) is 16.8. The van der Waals surface area contributed by atoms with Crippen LogP contribution in [0.3, 0.4) is 0 Å². The van der Waals surface area contributed by atoms with Crippen molar-refractivity contribution in [3.63, 3.8) is 0 Å². The molecule has 4 rings (SSSR count). The highest BCUT2D eigenvalue weighted by Gasteiger charge is 2.17. The lowest BCUT2D eigenvalue weighted by atomic mass is 10.2. The molecule has 2 aromatic heterocycles. The van der Waals surface area contributed by atoms with Gasteiger partial charge in [0.25, 0.3) is 5.91 Å². The Labute approximate surface area is 169 Å². The second kappa shape index (κ2) is 7.75. The molecule has 0 aliphatic heterocycles. The van der Waals surface area contributed by atoms with Gasteiger partial charge in [0.15, 0.2) is 5.65 Å². The molecule has 4 aromatic rings. The molecular weight excluding hydrogens is 362 g/mol. The molecule has 0 atom stereocenters. The predicted molar refractivity (Wildman–Crippen MR) is 115 cm³/mol. The van der Waals surface area contributed by atoms with E-state index in [1.54, 1.807) is 10.7 Å². The van der Waals surface area contributed by atoms with Gasteiger partial charge in [-0.2, -0.15) is 5.10 Å². The number of hydrogen-bond donors (Lipinski definition) is 1. The Morgan fingerprint density at radius 2 is 1.79 bits per heavy atom. The fourth-order valence-corrected chi connectivity index (χ4v) is 3.47. The number of aryl methyl sites for hydroxylation is 2. The third-order valence-corrected chi connectivity index (χ3v) is 4.85. The summed E-state index contributed by atoms with van der Waals surface area (Å²) < 4.78 is 1.69. The molecule has 0 aliphatic rings. The minimum Gasteiger partial charge on any atom is -0.369 e. The first-order valence-corrected chi connectivity index (χ1v) is 9.50. The van der Waals surface area contributed by atoms with Gasteiger partial charge >= 0.3 is 0 Å². The van der Waals surface area contributed by atoms with E-state index in [0.717, 1.165) is 29.3 Å². The van der Waals surface area contributed by atoms with E-state index in [-0.39, 0.29) is 5.91 Å². The molecule has 6 heteroatoms. The Balaban J connectivity index is 1.61. The summed E-state index contributed by atoms with van der Waals surface area (Å²) in [4.78, 5) is 19.6. The molecule has 146 valence electrons. The summed E-state index contributed by atoms with van der Waals surface area (Å²) in [7, 11) is 2.02. The summed E-state index contributed by atoms with van der Waals surface area (Å²) in [5.74, 6) is -0.224. The van der Waals surface area contributed by atoms with Gasteiger partial charge in [0.2, 0.25) is 0 Å². The van der Waals surface area contributed by atoms with Gasteiger partial charge in [-0.1, -0.05) is 42.5 Å². The third-order valence-electron chi connectivity index (χ3n) is 4.85. The zero-order valence-electron chi connectivity index (χ0n) is 16.8. The molecule has 0 radical (unpaired) electrons. The normalized spacial score (nSPS) is 10.9. The van der Waals surface area contributed by atoms with Crippen molar-refractivity contribution in [3.05, 3.63) is 89.4 Å². The van der Waals surface area contributed by atoms with Gasteiger partial charge in [0, 0.05) is 25.0 Å². The van der Waals surface area contributed by atoms with Gasteiger partial charge in [-0.25, -0.2) is 9.50 Å². The minimum atomic E-state index is -0.224. The van der Waals surface area contributed by atoms with Gasteiger partial charge in [0.05, 0.1) is 17.6 Å². The van der Waals surface area contributed by atoms with E-state index < -0.39 is 0 Å². The molecule has 29 heavy (non-hydrogen) atoms. The number of nitrogens with zero attached hydrogens (tertiary/aromatic N) is 4. The number of fused-ring (bicyclic) bond motifs is 1. The molecule has 0 bridgehead atoms. The Bertz CT molecular complexity index is 1170. The Kier molecular flexibility index (Phi) is 4.99. The fourth-order valence-electron chi connectivity index (χ4n) is 3.47. The number of amides is 1. The van der Waals surface area contributed by atoms with Gasteiger partial charge < -0.3 is 10.2 Å². The van der Waals surface area contributed by atoms with Crippen LogP contribution in [0.15, 0.2) is 66.9 Å². The monoisotopic (exact) mass is 385 g/mol. The highest BCUT2D eigenvalue weighted by Crippen LogP contribution is 2.27. The fraction of sp³-hybridized carbons (Fsp3) is 0.174. The van der Waals surface area contributed by atoms with Crippen LogP contribution in [0.25, 0.3) is 5.65 Å². The first-order chi connectivity index (χ1) is 14.0. The highest BCUT2D eigenvalue weighted by atomic mass is 16.1. The molecule has 0 saturated carbocycles. The number of hydrogen-bond acceptors (Lipinski definition) is 4.